The SMILES string of the molecule is CN(C)c1ccc(C(NN)C2CCS(=O)(=O)C2)cn1. The molecule has 0 bridgehead atoms. The second kappa shape index (κ2) is 5.44. The number of hydrogen-bond donors (Lipinski definition) is 2. The number of sulfone groups is 1. The van der Waals surface area contributed by atoms with Crippen LogP contribution in [0.3, 0.4) is 0 Å². The largest absolute Gasteiger partial charge is 0.363 e. The Morgan fingerprint density at radius 1 is 1.47 bits per heavy atom. The maximum absolute atomic E-state index is 11.5. The summed E-state index contributed by atoms with van der Waals surface area (Å²) >= 11 is 0. The molecule has 0 radical (unpaired) electrons. The van der Waals surface area contributed by atoms with Crippen molar-refractivity contribution in [3.05, 3.63) is 23.9 Å². The van der Waals surface area contributed by atoms with E-state index < -0.39 is 9.84 Å². The summed E-state index contributed by atoms with van der Waals surface area (Å²) in [5, 5.41) is 0. The lowest BCUT2D eigenvalue weighted by Crippen LogP contribution is -2.34. The van der Waals surface area contributed by atoms with Crippen LogP contribution in [0.15, 0.2) is 18.3 Å². The van der Waals surface area contributed by atoms with Gasteiger partial charge in [0.1, 0.15) is 5.82 Å². The van der Waals surface area contributed by atoms with Crippen molar-refractivity contribution in [3.8, 4) is 0 Å². The fourth-order valence-electron chi connectivity index (χ4n) is 2.44. The van der Waals surface area contributed by atoms with Gasteiger partial charge in [0.25, 0.3) is 0 Å². The lowest BCUT2D eigenvalue weighted by atomic mass is 9.94. The molecule has 1 aliphatic heterocycles. The van der Waals surface area contributed by atoms with Gasteiger partial charge in [-0.15, -0.1) is 0 Å². The van der Waals surface area contributed by atoms with Crippen LogP contribution in [-0.2, 0) is 9.84 Å². The Balaban J connectivity index is 2.18. The Morgan fingerprint density at radius 2 is 2.21 bits per heavy atom. The zero-order chi connectivity index (χ0) is 14.0. The van der Waals surface area contributed by atoms with Gasteiger partial charge in [-0.25, -0.2) is 13.4 Å². The van der Waals surface area contributed by atoms with Crippen LogP contribution in [0.2, 0.25) is 0 Å². The minimum Gasteiger partial charge on any atom is -0.363 e. The minimum absolute atomic E-state index is 0.0157. The minimum atomic E-state index is -2.90. The molecule has 19 heavy (non-hydrogen) atoms. The molecule has 2 rings (SSSR count). The summed E-state index contributed by atoms with van der Waals surface area (Å²) in [5.41, 5.74) is 3.65. The highest BCUT2D eigenvalue weighted by Gasteiger charge is 2.34. The van der Waals surface area contributed by atoms with Crippen molar-refractivity contribution < 1.29 is 8.42 Å². The molecule has 0 amide bonds. The summed E-state index contributed by atoms with van der Waals surface area (Å²) in [6.07, 6.45) is 2.40. The first-order chi connectivity index (χ1) is 8.93. The fraction of sp³-hybridized carbons (Fsp3) is 0.583. The van der Waals surface area contributed by atoms with Gasteiger partial charge in [0.15, 0.2) is 9.84 Å². The summed E-state index contributed by atoms with van der Waals surface area (Å²) < 4.78 is 23.1. The number of nitrogens with two attached hydrogens (primary N) is 1. The third kappa shape index (κ3) is 3.23. The molecule has 0 saturated carbocycles. The Kier molecular flexibility index (Phi) is 4.07. The number of hydrogen-bond acceptors (Lipinski definition) is 6. The normalized spacial score (nSPS) is 23.2. The number of rotatable bonds is 4. The molecule has 6 nitrogen and oxygen atoms in total. The number of hydrazine groups is 1. The van der Waals surface area contributed by atoms with Gasteiger partial charge in [-0.2, -0.15) is 0 Å². The third-order valence-corrected chi connectivity index (χ3v) is 5.30. The average molecular weight is 284 g/mol. The van der Waals surface area contributed by atoms with Crippen LogP contribution in [0, 0.1) is 5.92 Å². The van der Waals surface area contributed by atoms with E-state index in [4.69, 9.17) is 5.84 Å². The van der Waals surface area contributed by atoms with Gasteiger partial charge in [-0.3, -0.25) is 11.3 Å². The van der Waals surface area contributed by atoms with Crippen molar-refractivity contribution in [1.82, 2.24) is 10.4 Å². The molecular weight excluding hydrogens is 264 g/mol. The first kappa shape index (κ1) is 14.2. The molecule has 1 fully saturated rings. The molecule has 1 aliphatic rings. The molecule has 0 aromatic carbocycles. The fourth-order valence-corrected chi connectivity index (χ4v) is 4.28. The van der Waals surface area contributed by atoms with E-state index in [9.17, 15) is 8.42 Å². The molecule has 1 saturated heterocycles. The predicted octanol–water partition coefficient (Wildman–Crippen LogP) is 0.0867. The van der Waals surface area contributed by atoms with Crippen molar-refractivity contribution in [2.24, 2.45) is 11.8 Å². The van der Waals surface area contributed by atoms with Gasteiger partial charge >= 0.3 is 0 Å². The standard InChI is InChI=1S/C12H20N4O2S/c1-16(2)11-4-3-9(7-14-11)12(15-13)10-5-6-19(17,18)8-10/h3-4,7,10,12,15H,5-6,8,13H2,1-2H3. The molecule has 1 aromatic heterocycles. The van der Waals surface area contributed by atoms with Crippen LogP contribution in [0.25, 0.3) is 0 Å². The van der Waals surface area contributed by atoms with E-state index in [0.717, 1.165) is 11.4 Å². The van der Waals surface area contributed by atoms with Gasteiger partial charge in [-0.05, 0) is 24.0 Å². The molecule has 106 valence electrons. The van der Waals surface area contributed by atoms with Crippen LogP contribution in [-0.4, -0.2) is 39.0 Å². The highest BCUT2D eigenvalue weighted by atomic mass is 32.2. The van der Waals surface area contributed by atoms with Crippen LogP contribution in [0.4, 0.5) is 5.82 Å². The van der Waals surface area contributed by atoms with Crippen LogP contribution in [0.5, 0.6) is 0 Å². The van der Waals surface area contributed by atoms with E-state index >= 15 is 0 Å². The second-order valence-corrected chi connectivity index (χ2v) is 7.38. The molecule has 0 spiro atoms. The molecule has 2 atom stereocenters. The number of nitrogens with zero attached hydrogens (tertiary/aromatic N) is 2. The van der Waals surface area contributed by atoms with Crippen molar-refractivity contribution in [1.29, 1.82) is 0 Å². The summed E-state index contributed by atoms with van der Waals surface area (Å²) in [5.74, 6) is 6.90. The van der Waals surface area contributed by atoms with E-state index in [1.54, 1.807) is 6.20 Å². The first-order valence-corrected chi connectivity index (χ1v) is 8.05. The van der Waals surface area contributed by atoms with Crippen molar-refractivity contribution in [3.63, 3.8) is 0 Å². The summed E-state index contributed by atoms with van der Waals surface area (Å²) in [6, 6.07) is 3.68. The Labute approximate surface area is 113 Å². The van der Waals surface area contributed by atoms with Crippen molar-refractivity contribution in [2.75, 3.05) is 30.5 Å². The molecular formula is C12H20N4O2S. The Hall–Kier alpha value is -1.18. The lowest BCUT2D eigenvalue weighted by Gasteiger charge is -2.22. The van der Waals surface area contributed by atoms with Crippen LogP contribution < -0.4 is 16.2 Å². The quantitative estimate of drug-likeness (QED) is 0.601. The van der Waals surface area contributed by atoms with E-state index in [1.807, 2.05) is 31.1 Å². The molecule has 2 heterocycles. The highest BCUT2D eigenvalue weighted by Crippen LogP contribution is 2.31. The average Bonchev–Trinajstić information content (AvgIpc) is 2.71. The molecule has 1 aromatic rings. The van der Waals surface area contributed by atoms with Crippen LogP contribution in [0.1, 0.15) is 18.0 Å². The van der Waals surface area contributed by atoms with Crippen molar-refractivity contribution in [2.45, 2.75) is 12.5 Å². The smallest absolute Gasteiger partial charge is 0.150 e. The summed E-state index contributed by atoms with van der Waals surface area (Å²) in [6.45, 7) is 0. The van der Waals surface area contributed by atoms with Crippen LogP contribution >= 0.6 is 0 Å². The number of nitrogens with one attached hydrogen (secondary N) is 1. The molecule has 0 aliphatic carbocycles. The lowest BCUT2D eigenvalue weighted by molar-refractivity contribution is 0.398. The maximum atomic E-state index is 11.5. The maximum Gasteiger partial charge on any atom is 0.150 e. The van der Waals surface area contributed by atoms with E-state index in [1.165, 1.54) is 0 Å². The highest BCUT2D eigenvalue weighted by molar-refractivity contribution is 7.91. The van der Waals surface area contributed by atoms with E-state index in [0.29, 0.717) is 6.42 Å². The van der Waals surface area contributed by atoms with Gasteiger partial charge in [-0.1, -0.05) is 6.07 Å². The molecule has 3 N–H and O–H groups in total. The first-order valence-electron chi connectivity index (χ1n) is 6.23. The topological polar surface area (TPSA) is 88.3 Å². The van der Waals surface area contributed by atoms with Gasteiger partial charge in [0.05, 0.1) is 17.5 Å². The predicted molar refractivity (Wildman–Crippen MR) is 75.4 cm³/mol. The van der Waals surface area contributed by atoms with Gasteiger partial charge in [0.2, 0.25) is 0 Å². The number of anilines is 1. The molecule has 2 unspecified atom stereocenters. The Bertz CT molecular complexity index is 527. The molecule has 7 heteroatoms. The monoisotopic (exact) mass is 284 g/mol. The van der Waals surface area contributed by atoms with E-state index in [-0.39, 0.29) is 23.5 Å². The summed E-state index contributed by atoms with van der Waals surface area (Å²) in [4.78, 5) is 6.25. The summed E-state index contributed by atoms with van der Waals surface area (Å²) in [7, 11) is 0.937. The second-order valence-electron chi connectivity index (χ2n) is 5.15. The number of aromatic nitrogens is 1. The Morgan fingerprint density at radius 3 is 2.63 bits per heavy atom. The van der Waals surface area contributed by atoms with Gasteiger partial charge < -0.3 is 4.90 Å². The zero-order valence-corrected chi connectivity index (χ0v) is 12.0. The number of pyridine rings is 1. The zero-order valence-electron chi connectivity index (χ0n) is 11.2. The van der Waals surface area contributed by atoms with E-state index in [2.05, 4.69) is 10.4 Å². The van der Waals surface area contributed by atoms with Crippen molar-refractivity contribution >= 4 is 15.7 Å². The third-order valence-electron chi connectivity index (χ3n) is 3.51. The van der Waals surface area contributed by atoms with Gasteiger partial charge in [0, 0.05) is 20.3 Å².